The summed E-state index contributed by atoms with van der Waals surface area (Å²) in [6, 6.07) is 2.10. The molecule has 6 nitrogen and oxygen atoms in total. The molecule has 0 radical (unpaired) electrons. The van der Waals surface area contributed by atoms with E-state index >= 15 is 0 Å². The Balaban J connectivity index is 3.18. The molecule has 0 heterocycles. The van der Waals surface area contributed by atoms with E-state index in [1.807, 2.05) is 0 Å². The first-order valence-corrected chi connectivity index (χ1v) is 7.31. The van der Waals surface area contributed by atoms with Gasteiger partial charge in [0.2, 0.25) is 15.9 Å². The fraction of sp³-hybridized carbons (Fsp3) is 0.417. The molecule has 0 unspecified atom stereocenters. The van der Waals surface area contributed by atoms with Crippen LogP contribution in [0.5, 0.6) is 0 Å². The monoisotopic (exact) mass is 303 g/mol. The van der Waals surface area contributed by atoms with Crippen molar-refractivity contribution < 1.29 is 17.6 Å². The average Bonchev–Trinajstić information content (AvgIpc) is 2.19. The number of hydrogen-bond acceptors (Lipinski definition) is 4. The molecule has 0 aliphatic carbocycles. The van der Waals surface area contributed by atoms with Gasteiger partial charge in [0.1, 0.15) is 5.82 Å². The molecule has 0 saturated carbocycles. The first-order chi connectivity index (χ1) is 8.94. The predicted octanol–water partition coefficient (Wildman–Crippen LogP) is 0.649. The number of nitrogen functional groups attached to an aromatic ring is 1. The van der Waals surface area contributed by atoms with Crippen molar-refractivity contribution >= 4 is 21.6 Å². The number of carbonyl (C=O) groups excluding carboxylic acids is 1. The van der Waals surface area contributed by atoms with Crippen molar-refractivity contribution in [2.24, 2.45) is 5.73 Å². The Labute approximate surface area is 117 Å². The number of rotatable bonds is 5. The van der Waals surface area contributed by atoms with E-state index in [2.05, 4.69) is 4.72 Å². The Bertz CT molecular complexity index is 642. The molecule has 1 amide bonds. The SMILES string of the molecule is Cc1cc(F)c(N)cc1S(=O)(=O)NC(C)(C)CC(N)=O. The zero-order valence-corrected chi connectivity index (χ0v) is 12.3. The third-order valence-corrected chi connectivity index (χ3v) is 4.45. The fourth-order valence-electron chi connectivity index (χ4n) is 1.85. The Morgan fingerprint density at radius 2 is 1.95 bits per heavy atom. The lowest BCUT2D eigenvalue weighted by atomic mass is 10.0. The van der Waals surface area contributed by atoms with Crippen molar-refractivity contribution in [2.75, 3.05) is 5.73 Å². The highest BCUT2D eigenvalue weighted by atomic mass is 32.2. The summed E-state index contributed by atoms with van der Waals surface area (Å²) >= 11 is 0. The number of sulfonamides is 1. The Morgan fingerprint density at radius 1 is 1.40 bits per heavy atom. The molecule has 0 spiro atoms. The van der Waals surface area contributed by atoms with Crippen molar-refractivity contribution in [3.05, 3.63) is 23.5 Å². The van der Waals surface area contributed by atoms with Gasteiger partial charge in [-0.15, -0.1) is 0 Å². The van der Waals surface area contributed by atoms with Gasteiger partial charge in [0, 0.05) is 12.0 Å². The third kappa shape index (κ3) is 3.91. The van der Waals surface area contributed by atoms with Crippen LogP contribution in [0.25, 0.3) is 0 Å². The second-order valence-corrected chi connectivity index (χ2v) is 6.92. The number of nitrogens with one attached hydrogen (secondary N) is 1. The van der Waals surface area contributed by atoms with E-state index in [1.165, 1.54) is 20.8 Å². The first kappa shape index (κ1) is 16.4. The van der Waals surface area contributed by atoms with Crippen molar-refractivity contribution in [3.8, 4) is 0 Å². The molecule has 0 saturated heterocycles. The molecule has 0 aliphatic rings. The van der Waals surface area contributed by atoms with Gasteiger partial charge < -0.3 is 11.5 Å². The van der Waals surface area contributed by atoms with Gasteiger partial charge in [0.25, 0.3) is 0 Å². The van der Waals surface area contributed by atoms with E-state index in [9.17, 15) is 17.6 Å². The Hall–Kier alpha value is -1.67. The highest BCUT2D eigenvalue weighted by Crippen LogP contribution is 2.23. The van der Waals surface area contributed by atoms with E-state index in [0.717, 1.165) is 12.1 Å². The third-order valence-electron chi connectivity index (χ3n) is 2.61. The van der Waals surface area contributed by atoms with Gasteiger partial charge in [0.05, 0.1) is 10.6 Å². The summed E-state index contributed by atoms with van der Waals surface area (Å²) < 4.78 is 40.2. The second-order valence-electron chi connectivity index (χ2n) is 5.27. The minimum atomic E-state index is -3.94. The van der Waals surface area contributed by atoms with E-state index < -0.39 is 27.3 Å². The molecular weight excluding hydrogens is 285 g/mol. The van der Waals surface area contributed by atoms with Crippen LogP contribution in [0.15, 0.2) is 17.0 Å². The van der Waals surface area contributed by atoms with E-state index in [0.29, 0.717) is 0 Å². The topological polar surface area (TPSA) is 115 Å². The minimum absolute atomic E-state index is 0.131. The van der Waals surface area contributed by atoms with E-state index in [1.54, 1.807) is 0 Å². The smallest absolute Gasteiger partial charge is 0.241 e. The summed E-state index contributed by atoms with van der Waals surface area (Å²) in [5, 5.41) is 0. The minimum Gasteiger partial charge on any atom is -0.396 e. The maximum atomic E-state index is 13.3. The maximum Gasteiger partial charge on any atom is 0.241 e. The van der Waals surface area contributed by atoms with Crippen LogP contribution < -0.4 is 16.2 Å². The lowest BCUT2D eigenvalue weighted by molar-refractivity contribution is -0.119. The fourth-order valence-corrected chi connectivity index (χ4v) is 3.52. The van der Waals surface area contributed by atoms with Crippen LogP contribution in [-0.2, 0) is 14.8 Å². The van der Waals surface area contributed by atoms with Crippen LogP contribution in [0.1, 0.15) is 25.8 Å². The zero-order chi connectivity index (χ0) is 15.7. The average molecular weight is 303 g/mol. The number of benzene rings is 1. The molecule has 0 aliphatic heterocycles. The summed E-state index contributed by atoms with van der Waals surface area (Å²) in [6.45, 7) is 4.51. The standard InChI is InChI=1S/C12H18FN3O3S/c1-7-4-8(13)9(14)5-10(7)20(18,19)16-12(2,3)6-11(15)17/h4-5,16H,6,14H2,1-3H3,(H2,15,17). The van der Waals surface area contributed by atoms with Crippen molar-refractivity contribution in [1.29, 1.82) is 0 Å². The molecular formula is C12H18FN3O3S. The van der Waals surface area contributed by atoms with Gasteiger partial charge in [-0.3, -0.25) is 4.79 Å². The largest absolute Gasteiger partial charge is 0.396 e. The van der Waals surface area contributed by atoms with Crippen LogP contribution in [0, 0.1) is 12.7 Å². The van der Waals surface area contributed by atoms with Crippen molar-refractivity contribution in [1.82, 2.24) is 4.72 Å². The molecule has 0 aromatic heterocycles. The van der Waals surface area contributed by atoms with Gasteiger partial charge in [-0.2, -0.15) is 0 Å². The molecule has 0 atom stereocenters. The van der Waals surface area contributed by atoms with E-state index in [-0.39, 0.29) is 22.6 Å². The Morgan fingerprint density at radius 3 is 2.45 bits per heavy atom. The number of anilines is 1. The maximum absolute atomic E-state index is 13.3. The molecule has 112 valence electrons. The molecule has 1 rings (SSSR count). The number of nitrogens with two attached hydrogens (primary N) is 2. The number of halogens is 1. The van der Waals surface area contributed by atoms with Crippen LogP contribution >= 0.6 is 0 Å². The number of carbonyl (C=O) groups is 1. The summed E-state index contributed by atoms with van der Waals surface area (Å²) in [5.74, 6) is -1.31. The summed E-state index contributed by atoms with van der Waals surface area (Å²) in [4.78, 5) is 10.8. The van der Waals surface area contributed by atoms with Gasteiger partial charge in [-0.25, -0.2) is 17.5 Å². The second kappa shape index (κ2) is 5.37. The van der Waals surface area contributed by atoms with Crippen LogP contribution in [0.3, 0.4) is 0 Å². The lowest BCUT2D eigenvalue weighted by Crippen LogP contribution is -2.46. The quantitative estimate of drug-likeness (QED) is 0.692. The molecule has 1 aromatic carbocycles. The van der Waals surface area contributed by atoms with Crippen molar-refractivity contribution in [3.63, 3.8) is 0 Å². The number of aryl methyl sites for hydroxylation is 1. The first-order valence-electron chi connectivity index (χ1n) is 5.82. The Kier molecular flexibility index (Phi) is 4.40. The van der Waals surface area contributed by atoms with Gasteiger partial charge in [0.15, 0.2) is 0 Å². The van der Waals surface area contributed by atoms with Crippen molar-refractivity contribution in [2.45, 2.75) is 37.6 Å². The highest BCUT2D eigenvalue weighted by molar-refractivity contribution is 7.89. The molecule has 0 fully saturated rings. The number of hydrogen-bond donors (Lipinski definition) is 3. The zero-order valence-electron chi connectivity index (χ0n) is 11.5. The molecule has 20 heavy (non-hydrogen) atoms. The lowest BCUT2D eigenvalue weighted by Gasteiger charge is -2.25. The molecule has 8 heteroatoms. The van der Waals surface area contributed by atoms with Crippen LogP contribution in [0.4, 0.5) is 10.1 Å². The number of primary amides is 1. The van der Waals surface area contributed by atoms with Crippen LogP contribution in [0.2, 0.25) is 0 Å². The van der Waals surface area contributed by atoms with Crippen LogP contribution in [-0.4, -0.2) is 19.9 Å². The molecule has 0 bridgehead atoms. The van der Waals surface area contributed by atoms with Gasteiger partial charge >= 0.3 is 0 Å². The molecule has 1 aromatic rings. The summed E-state index contributed by atoms with van der Waals surface area (Å²) in [6.07, 6.45) is -0.165. The number of amides is 1. The highest BCUT2D eigenvalue weighted by Gasteiger charge is 2.29. The predicted molar refractivity (Wildman–Crippen MR) is 73.8 cm³/mol. The summed E-state index contributed by atoms with van der Waals surface area (Å²) in [5.41, 5.74) is 9.36. The van der Waals surface area contributed by atoms with Gasteiger partial charge in [-0.1, -0.05) is 0 Å². The molecule has 5 N–H and O–H groups in total. The summed E-state index contributed by atoms with van der Waals surface area (Å²) in [7, 11) is -3.94. The normalized spacial score (nSPS) is 12.4. The van der Waals surface area contributed by atoms with E-state index in [4.69, 9.17) is 11.5 Å². The van der Waals surface area contributed by atoms with Gasteiger partial charge in [-0.05, 0) is 38.5 Å².